The van der Waals surface area contributed by atoms with Crippen molar-refractivity contribution in [2.24, 2.45) is 5.92 Å². The second kappa shape index (κ2) is 10.5. The number of aryl methyl sites for hydroxylation is 4. The quantitative estimate of drug-likeness (QED) is 0.226. The van der Waals surface area contributed by atoms with Crippen LogP contribution in [0, 0.1) is 33.6 Å². The van der Waals surface area contributed by atoms with Gasteiger partial charge < -0.3 is 0 Å². The van der Waals surface area contributed by atoms with E-state index in [1.165, 1.54) is 60.5 Å². The topological polar surface area (TPSA) is 0 Å². The van der Waals surface area contributed by atoms with Crippen LogP contribution < -0.4 is 15.6 Å². The van der Waals surface area contributed by atoms with E-state index in [1.807, 2.05) is 0 Å². The van der Waals surface area contributed by atoms with Crippen LogP contribution in [0.3, 0.4) is 0 Å². The highest BCUT2D eigenvalue weighted by Gasteiger charge is 2.48. The van der Waals surface area contributed by atoms with Gasteiger partial charge in [0, 0.05) is 0 Å². The number of rotatable bonds is 6. The van der Waals surface area contributed by atoms with Crippen LogP contribution in [-0.2, 0) is 0 Å². The SMILES string of the molecule is CC1=C(C)C(C)C([Si](c2cc(C)cc(C)c2)(c2cc(C)cc(C)c2)c2cc(C(C)C)cc(C(C)C)c2)=C1C. The van der Waals surface area contributed by atoms with E-state index in [0.717, 1.165) is 0 Å². The lowest BCUT2D eigenvalue weighted by atomic mass is 9.96. The van der Waals surface area contributed by atoms with E-state index in [0.29, 0.717) is 17.8 Å². The molecule has 0 amide bonds. The van der Waals surface area contributed by atoms with Crippen molar-refractivity contribution in [3.05, 3.63) is 110 Å². The van der Waals surface area contributed by atoms with Gasteiger partial charge in [-0.3, -0.25) is 0 Å². The minimum atomic E-state index is -2.64. The predicted octanol–water partition coefficient (Wildman–Crippen LogP) is 8.48. The first-order valence-electron chi connectivity index (χ1n) is 14.5. The first-order valence-corrected chi connectivity index (χ1v) is 16.5. The van der Waals surface area contributed by atoms with Crippen molar-refractivity contribution < 1.29 is 0 Å². The Balaban J connectivity index is 2.31. The normalized spacial score (nSPS) is 16.4. The van der Waals surface area contributed by atoms with Crippen molar-refractivity contribution >= 4 is 23.6 Å². The summed E-state index contributed by atoms with van der Waals surface area (Å²) in [5.41, 5.74) is 12.9. The largest absolute Gasteiger partial charge is 0.176 e. The Bertz CT molecular complexity index is 1330. The van der Waals surface area contributed by atoms with Crippen LogP contribution in [0.4, 0.5) is 0 Å². The third-order valence-corrected chi connectivity index (χ3v) is 14.2. The van der Waals surface area contributed by atoms with Crippen LogP contribution in [0.2, 0.25) is 0 Å². The Morgan fingerprint density at radius 1 is 0.500 bits per heavy atom. The van der Waals surface area contributed by atoms with E-state index in [4.69, 9.17) is 0 Å². The molecule has 0 saturated heterocycles. The van der Waals surface area contributed by atoms with Crippen molar-refractivity contribution in [2.75, 3.05) is 0 Å². The lowest BCUT2D eigenvalue weighted by molar-refractivity contribution is 0.834. The van der Waals surface area contributed by atoms with Crippen LogP contribution in [-0.4, -0.2) is 8.07 Å². The monoisotopic (exact) mass is 520 g/mol. The zero-order valence-corrected chi connectivity index (χ0v) is 26.9. The van der Waals surface area contributed by atoms with Crippen molar-refractivity contribution in [1.29, 1.82) is 0 Å². The van der Waals surface area contributed by atoms with Gasteiger partial charge >= 0.3 is 0 Å². The maximum Gasteiger partial charge on any atom is 0.176 e. The lowest BCUT2D eigenvalue weighted by Crippen LogP contribution is -2.70. The van der Waals surface area contributed by atoms with Gasteiger partial charge in [-0.05, 0) is 98.5 Å². The average molecular weight is 521 g/mol. The number of benzene rings is 3. The van der Waals surface area contributed by atoms with Gasteiger partial charge in [0.2, 0.25) is 0 Å². The van der Waals surface area contributed by atoms with Crippen LogP contribution in [0.25, 0.3) is 0 Å². The van der Waals surface area contributed by atoms with E-state index in [9.17, 15) is 0 Å². The predicted molar refractivity (Wildman–Crippen MR) is 171 cm³/mol. The lowest BCUT2D eigenvalue weighted by Gasteiger charge is -2.40. The maximum atomic E-state index is 2.59. The van der Waals surface area contributed by atoms with Crippen LogP contribution in [0.1, 0.15) is 101 Å². The highest BCUT2D eigenvalue weighted by Crippen LogP contribution is 2.42. The second-order valence-electron chi connectivity index (χ2n) is 12.8. The summed E-state index contributed by atoms with van der Waals surface area (Å²) in [6.07, 6.45) is 0. The summed E-state index contributed by atoms with van der Waals surface area (Å²) in [6.45, 7) is 28.1. The van der Waals surface area contributed by atoms with Gasteiger partial charge in [0.05, 0.1) is 0 Å². The molecule has 1 heteroatoms. The Hall–Kier alpha value is -2.64. The van der Waals surface area contributed by atoms with E-state index in [1.54, 1.807) is 10.4 Å². The molecule has 3 aromatic rings. The van der Waals surface area contributed by atoms with Crippen molar-refractivity contribution in [3.8, 4) is 0 Å². The Morgan fingerprint density at radius 3 is 1.18 bits per heavy atom. The summed E-state index contributed by atoms with van der Waals surface area (Å²) in [4.78, 5) is 0. The molecule has 0 nitrogen and oxygen atoms in total. The summed E-state index contributed by atoms with van der Waals surface area (Å²) in [5.74, 6) is 1.39. The molecule has 0 saturated carbocycles. The molecule has 1 aliphatic carbocycles. The van der Waals surface area contributed by atoms with Crippen LogP contribution in [0.5, 0.6) is 0 Å². The Labute approximate surface area is 233 Å². The molecule has 0 aromatic heterocycles. The summed E-state index contributed by atoms with van der Waals surface area (Å²) < 4.78 is 0. The van der Waals surface area contributed by atoms with E-state index in [-0.39, 0.29) is 0 Å². The smallest absolute Gasteiger partial charge is 0.0636 e. The minimum Gasteiger partial charge on any atom is -0.0636 e. The average Bonchev–Trinajstić information content (AvgIpc) is 3.01. The summed E-state index contributed by atoms with van der Waals surface area (Å²) in [5, 5.41) is 6.28. The van der Waals surface area contributed by atoms with Gasteiger partial charge in [0.1, 0.15) is 0 Å². The molecule has 0 heterocycles. The van der Waals surface area contributed by atoms with Crippen LogP contribution >= 0.6 is 0 Å². The molecular weight excluding hydrogens is 472 g/mol. The van der Waals surface area contributed by atoms with Gasteiger partial charge in [-0.25, -0.2) is 0 Å². The Kier molecular flexibility index (Phi) is 7.83. The molecule has 0 aliphatic heterocycles. The molecule has 0 bridgehead atoms. The molecule has 0 spiro atoms. The number of allylic oxidation sites excluding steroid dienone is 4. The van der Waals surface area contributed by atoms with Gasteiger partial charge in [0.25, 0.3) is 0 Å². The van der Waals surface area contributed by atoms with Crippen molar-refractivity contribution in [2.45, 2.75) is 94.9 Å². The second-order valence-corrected chi connectivity index (χ2v) is 16.5. The highest BCUT2D eigenvalue weighted by molar-refractivity contribution is 7.16. The molecule has 0 radical (unpaired) electrons. The summed E-state index contributed by atoms with van der Waals surface area (Å²) in [6, 6.07) is 22.4. The zero-order chi connectivity index (χ0) is 28.1. The van der Waals surface area contributed by atoms with Gasteiger partial charge in [-0.1, -0.05) is 128 Å². The summed E-state index contributed by atoms with van der Waals surface area (Å²) >= 11 is 0. The summed E-state index contributed by atoms with van der Waals surface area (Å²) in [7, 11) is -2.64. The first-order chi connectivity index (χ1) is 17.8. The molecule has 200 valence electrons. The fourth-order valence-electron chi connectivity index (χ4n) is 6.88. The first kappa shape index (κ1) is 28.4. The molecule has 3 aromatic carbocycles. The maximum absolute atomic E-state index is 2.64. The van der Waals surface area contributed by atoms with Gasteiger partial charge in [-0.15, -0.1) is 0 Å². The molecule has 1 unspecified atom stereocenters. The molecule has 1 atom stereocenters. The number of hydrogen-bond acceptors (Lipinski definition) is 0. The van der Waals surface area contributed by atoms with Crippen LogP contribution in [0.15, 0.2) is 76.5 Å². The molecular formula is C37H48Si. The van der Waals surface area contributed by atoms with Gasteiger partial charge in [-0.2, -0.15) is 0 Å². The van der Waals surface area contributed by atoms with Gasteiger partial charge in [0.15, 0.2) is 8.07 Å². The van der Waals surface area contributed by atoms with E-state index < -0.39 is 8.07 Å². The van der Waals surface area contributed by atoms with Crippen molar-refractivity contribution in [1.82, 2.24) is 0 Å². The third-order valence-electron chi connectivity index (χ3n) is 9.10. The fraction of sp³-hybridized carbons (Fsp3) is 0.405. The molecule has 38 heavy (non-hydrogen) atoms. The molecule has 4 rings (SSSR count). The van der Waals surface area contributed by atoms with E-state index >= 15 is 0 Å². The molecule has 0 N–H and O–H groups in total. The fourth-order valence-corrected chi connectivity index (χ4v) is 13.0. The third kappa shape index (κ3) is 4.79. The molecule has 0 fully saturated rings. The highest BCUT2D eigenvalue weighted by atomic mass is 28.3. The standard InChI is InChI=1S/C37H48Si/c1-22(2)32-19-33(23(3)4)21-36(20-32)38(34-15-24(5)13-25(6)16-34,35-17-26(7)14-27(8)18-35)37-30(11)28(9)29(10)31(37)12/h13-23,30H,1-12H3. The van der Waals surface area contributed by atoms with E-state index in [2.05, 4.69) is 138 Å². The minimum absolute atomic E-state index is 0.425. The zero-order valence-electron chi connectivity index (χ0n) is 25.9. The Morgan fingerprint density at radius 2 is 0.868 bits per heavy atom. The molecule has 1 aliphatic rings. The van der Waals surface area contributed by atoms with Crippen molar-refractivity contribution in [3.63, 3.8) is 0 Å². The number of hydrogen-bond donors (Lipinski definition) is 0.